The Bertz CT molecular complexity index is 651. The molecule has 1 aromatic carbocycles. The minimum absolute atomic E-state index is 0. The van der Waals surface area contributed by atoms with E-state index in [1.54, 1.807) is 0 Å². The molecule has 3 fully saturated rings. The SMILES string of the molecule is Cl.O=C(C1CCCNC1)N1CCC(C(=O)N(Cc2ccccc2)C2CC2)CC1. The first-order valence-corrected chi connectivity index (χ1v) is 10.6. The predicted molar refractivity (Wildman–Crippen MR) is 112 cm³/mol. The third kappa shape index (κ3) is 5.06. The van der Waals surface area contributed by atoms with Gasteiger partial charge >= 0.3 is 0 Å². The standard InChI is InChI=1S/C22H31N3O2.ClH/c26-21(19-7-4-12-23-15-19)24-13-10-18(11-14-24)22(27)25(20-8-9-20)16-17-5-2-1-3-6-17;/h1-3,5-6,18-20,23H,4,7-16H2;1H. The Morgan fingerprint density at radius 1 is 1.00 bits per heavy atom. The second-order valence-corrected chi connectivity index (χ2v) is 8.33. The maximum atomic E-state index is 13.2. The molecule has 1 unspecified atom stereocenters. The van der Waals surface area contributed by atoms with E-state index in [0.29, 0.717) is 11.9 Å². The number of hydrogen-bond donors (Lipinski definition) is 1. The van der Waals surface area contributed by atoms with E-state index in [1.807, 2.05) is 23.1 Å². The lowest BCUT2D eigenvalue weighted by molar-refractivity contribution is -0.143. The number of halogens is 1. The first kappa shape index (κ1) is 21.1. The zero-order valence-electron chi connectivity index (χ0n) is 16.5. The van der Waals surface area contributed by atoms with E-state index in [1.165, 1.54) is 5.56 Å². The quantitative estimate of drug-likeness (QED) is 0.819. The molecule has 28 heavy (non-hydrogen) atoms. The fourth-order valence-electron chi connectivity index (χ4n) is 4.46. The summed E-state index contributed by atoms with van der Waals surface area (Å²) in [5.41, 5.74) is 1.20. The van der Waals surface area contributed by atoms with Gasteiger partial charge in [-0.2, -0.15) is 0 Å². The van der Waals surface area contributed by atoms with E-state index in [9.17, 15) is 9.59 Å². The van der Waals surface area contributed by atoms with Gasteiger partial charge in [0.1, 0.15) is 0 Å². The summed E-state index contributed by atoms with van der Waals surface area (Å²) >= 11 is 0. The number of hydrogen-bond acceptors (Lipinski definition) is 3. The van der Waals surface area contributed by atoms with Gasteiger partial charge < -0.3 is 15.1 Å². The summed E-state index contributed by atoms with van der Waals surface area (Å²) in [6.07, 6.45) is 5.96. The van der Waals surface area contributed by atoms with Gasteiger partial charge in [-0.3, -0.25) is 9.59 Å². The largest absolute Gasteiger partial charge is 0.342 e. The number of nitrogens with one attached hydrogen (secondary N) is 1. The molecule has 1 atom stereocenters. The molecule has 0 radical (unpaired) electrons. The smallest absolute Gasteiger partial charge is 0.226 e. The zero-order valence-corrected chi connectivity index (χ0v) is 17.3. The molecular formula is C22H32ClN3O2. The van der Waals surface area contributed by atoms with Gasteiger partial charge in [0.25, 0.3) is 0 Å². The molecule has 3 aliphatic rings. The number of piperidine rings is 2. The fourth-order valence-corrected chi connectivity index (χ4v) is 4.46. The maximum absolute atomic E-state index is 13.2. The van der Waals surface area contributed by atoms with Crippen LogP contribution in [-0.2, 0) is 16.1 Å². The number of carbonyl (C=O) groups excluding carboxylic acids is 2. The molecule has 1 N–H and O–H groups in total. The van der Waals surface area contributed by atoms with Gasteiger partial charge in [0.2, 0.25) is 11.8 Å². The topological polar surface area (TPSA) is 52.7 Å². The summed E-state index contributed by atoms with van der Waals surface area (Å²) < 4.78 is 0. The molecule has 0 bridgehead atoms. The van der Waals surface area contributed by atoms with Crippen molar-refractivity contribution in [1.29, 1.82) is 0 Å². The van der Waals surface area contributed by atoms with E-state index in [2.05, 4.69) is 22.3 Å². The molecule has 0 aromatic heterocycles. The molecule has 1 aromatic rings. The molecule has 2 saturated heterocycles. The van der Waals surface area contributed by atoms with E-state index in [0.717, 1.165) is 71.2 Å². The molecule has 2 amide bonds. The van der Waals surface area contributed by atoms with Gasteiger partial charge in [-0.15, -0.1) is 12.4 Å². The molecule has 0 spiro atoms. The van der Waals surface area contributed by atoms with Gasteiger partial charge in [0.15, 0.2) is 0 Å². The summed E-state index contributed by atoms with van der Waals surface area (Å²) in [6.45, 7) is 4.02. The summed E-state index contributed by atoms with van der Waals surface area (Å²) in [4.78, 5) is 30.0. The Balaban J connectivity index is 0.00000225. The normalized spacial score (nSPS) is 23.0. The highest BCUT2D eigenvalue weighted by atomic mass is 35.5. The van der Waals surface area contributed by atoms with E-state index >= 15 is 0 Å². The van der Waals surface area contributed by atoms with Gasteiger partial charge in [0, 0.05) is 38.1 Å². The summed E-state index contributed by atoms with van der Waals surface area (Å²) in [6, 6.07) is 10.7. The van der Waals surface area contributed by atoms with Crippen molar-refractivity contribution in [3.8, 4) is 0 Å². The summed E-state index contributed by atoms with van der Waals surface area (Å²) in [5, 5.41) is 3.33. The number of likely N-dealkylation sites (tertiary alicyclic amines) is 1. The molecule has 2 aliphatic heterocycles. The third-order valence-corrected chi connectivity index (χ3v) is 6.27. The average molecular weight is 406 g/mol. The Labute approximate surface area is 174 Å². The summed E-state index contributed by atoms with van der Waals surface area (Å²) in [7, 11) is 0. The van der Waals surface area contributed by atoms with Crippen LogP contribution in [0.2, 0.25) is 0 Å². The lowest BCUT2D eigenvalue weighted by Crippen LogP contribution is -2.48. The van der Waals surface area contributed by atoms with Crippen molar-refractivity contribution in [3.63, 3.8) is 0 Å². The Kier molecular flexibility index (Phi) is 7.36. The number of amides is 2. The van der Waals surface area contributed by atoms with Crippen LogP contribution in [0.1, 0.15) is 44.1 Å². The van der Waals surface area contributed by atoms with Gasteiger partial charge in [0.05, 0.1) is 5.92 Å². The van der Waals surface area contributed by atoms with Crippen molar-refractivity contribution in [2.24, 2.45) is 11.8 Å². The molecular weight excluding hydrogens is 374 g/mol. The van der Waals surface area contributed by atoms with Crippen LogP contribution in [0.3, 0.4) is 0 Å². The van der Waals surface area contributed by atoms with Crippen molar-refractivity contribution in [3.05, 3.63) is 35.9 Å². The van der Waals surface area contributed by atoms with Crippen LogP contribution in [0.4, 0.5) is 0 Å². The first-order valence-electron chi connectivity index (χ1n) is 10.6. The number of nitrogens with zero attached hydrogens (tertiary/aromatic N) is 2. The molecule has 4 rings (SSSR count). The Morgan fingerprint density at radius 2 is 1.71 bits per heavy atom. The van der Waals surface area contributed by atoms with Gasteiger partial charge in [-0.1, -0.05) is 30.3 Å². The van der Waals surface area contributed by atoms with E-state index < -0.39 is 0 Å². The molecule has 2 heterocycles. The molecule has 5 nitrogen and oxygen atoms in total. The molecule has 154 valence electrons. The van der Waals surface area contributed by atoms with Crippen molar-refractivity contribution < 1.29 is 9.59 Å². The highest BCUT2D eigenvalue weighted by Gasteiger charge is 2.38. The fraction of sp³-hybridized carbons (Fsp3) is 0.636. The average Bonchev–Trinajstić information content (AvgIpc) is 3.58. The first-order chi connectivity index (χ1) is 13.2. The van der Waals surface area contributed by atoms with Crippen LogP contribution < -0.4 is 5.32 Å². The molecule has 6 heteroatoms. The van der Waals surface area contributed by atoms with Crippen LogP contribution in [0.25, 0.3) is 0 Å². The minimum Gasteiger partial charge on any atom is -0.342 e. The lowest BCUT2D eigenvalue weighted by atomic mass is 9.92. The lowest BCUT2D eigenvalue weighted by Gasteiger charge is -2.36. The highest BCUT2D eigenvalue weighted by molar-refractivity contribution is 5.85. The van der Waals surface area contributed by atoms with Crippen LogP contribution in [-0.4, -0.2) is 53.8 Å². The maximum Gasteiger partial charge on any atom is 0.226 e. The van der Waals surface area contributed by atoms with Crippen molar-refractivity contribution in [1.82, 2.24) is 15.1 Å². The summed E-state index contributed by atoms with van der Waals surface area (Å²) in [5.74, 6) is 0.791. The Hall–Kier alpha value is -1.59. The second kappa shape index (κ2) is 9.75. The van der Waals surface area contributed by atoms with Crippen LogP contribution in [0.15, 0.2) is 30.3 Å². The van der Waals surface area contributed by atoms with Crippen LogP contribution >= 0.6 is 12.4 Å². The van der Waals surface area contributed by atoms with Crippen molar-refractivity contribution in [2.45, 2.75) is 51.1 Å². The Morgan fingerprint density at radius 3 is 2.32 bits per heavy atom. The minimum atomic E-state index is 0. The second-order valence-electron chi connectivity index (χ2n) is 8.33. The van der Waals surface area contributed by atoms with E-state index in [-0.39, 0.29) is 30.2 Å². The van der Waals surface area contributed by atoms with Crippen LogP contribution in [0, 0.1) is 11.8 Å². The van der Waals surface area contributed by atoms with Crippen molar-refractivity contribution in [2.75, 3.05) is 26.2 Å². The number of rotatable bonds is 5. The van der Waals surface area contributed by atoms with Crippen molar-refractivity contribution >= 4 is 24.2 Å². The van der Waals surface area contributed by atoms with Crippen LogP contribution in [0.5, 0.6) is 0 Å². The highest BCUT2D eigenvalue weighted by Crippen LogP contribution is 2.32. The molecule has 1 aliphatic carbocycles. The van der Waals surface area contributed by atoms with Gasteiger partial charge in [-0.25, -0.2) is 0 Å². The van der Waals surface area contributed by atoms with E-state index in [4.69, 9.17) is 0 Å². The predicted octanol–water partition coefficient (Wildman–Crippen LogP) is 2.84. The zero-order chi connectivity index (χ0) is 18.6. The molecule has 1 saturated carbocycles. The monoisotopic (exact) mass is 405 g/mol. The van der Waals surface area contributed by atoms with Gasteiger partial charge in [-0.05, 0) is 50.6 Å². The number of benzene rings is 1. The number of carbonyl (C=O) groups is 2. The third-order valence-electron chi connectivity index (χ3n) is 6.27.